The van der Waals surface area contributed by atoms with Gasteiger partial charge in [0.2, 0.25) is 0 Å². The van der Waals surface area contributed by atoms with Gasteiger partial charge in [0, 0.05) is 47.9 Å². The lowest BCUT2D eigenvalue weighted by molar-refractivity contribution is -0.112. The van der Waals surface area contributed by atoms with E-state index < -0.39 is 0 Å². The Morgan fingerprint density at radius 3 is 2.26 bits per heavy atom. The highest BCUT2D eigenvalue weighted by Crippen LogP contribution is 2.28. The second-order valence-corrected chi connectivity index (χ2v) is 11.3. The SMILES string of the molecule is C\C=C(/C=C\C(=N\C(=C/C(C)=O)c1ccc(C)c(/N=C(/C)C(C)CC)c1)C(C)CC)N1CCC(N(C)C)CC1. The Labute approximate surface area is 238 Å². The Hall–Kier alpha value is -2.79. The Kier molecular flexibility index (Phi) is 13.1. The zero-order valence-electron chi connectivity index (χ0n) is 26.2. The molecule has 1 fully saturated rings. The van der Waals surface area contributed by atoms with Gasteiger partial charge >= 0.3 is 0 Å². The minimum absolute atomic E-state index is 0.0134. The molecule has 0 bridgehead atoms. The molecule has 5 heteroatoms. The third kappa shape index (κ3) is 9.72. The van der Waals surface area contributed by atoms with Crippen LogP contribution in [0.4, 0.5) is 5.69 Å². The van der Waals surface area contributed by atoms with Crippen LogP contribution in [0.15, 0.2) is 58.2 Å². The molecule has 0 N–H and O–H groups in total. The number of carbonyl (C=O) groups excluding carboxylic acids is 1. The summed E-state index contributed by atoms with van der Waals surface area (Å²) in [5.41, 5.74) is 6.99. The van der Waals surface area contributed by atoms with Crippen molar-refractivity contribution in [2.75, 3.05) is 27.2 Å². The van der Waals surface area contributed by atoms with Crippen LogP contribution < -0.4 is 0 Å². The van der Waals surface area contributed by atoms with Crippen LogP contribution in [-0.2, 0) is 4.79 Å². The largest absolute Gasteiger partial charge is 0.372 e. The van der Waals surface area contributed by atoms with Gasteiger partial charge in [-0.3, -0.25) is 14.8 Å². The van der Waals surface area contributed by atoms with Crippen LogP contribution in [0.1, 0.15) is 85.3 Å². The maximum atomic E-state index is 12.3. The number of aliphatic imine (C=N–C) groups is 2. The van der Waals surface area contributed by atoms with E-state index in [0.29, 0.717) is 17.7 Å². The molecule has 0 radical (unpaired) electrons. The molecule has 2 atom stereocenters. The Balaban J connectivity index is 2.46. The number of carbonyl (C=O) groups is 1. The highest BCUT2D eigenvalue weighted by Gasteiger charge is 2.21. The summed E-state index contributed by atoms with van der Waals surface area (Å²) in [7, 11) is 4.35. The average molecular weight is 533 g/mol. The second-order valence-electron chi connectivity index (χ2n) is 11.3. The number of hydrogen-bond donors (Lipinski definition) is 0. The van der Waals surface area contributed by atoms with Crippen LogP contribution in [0.25, 0.3) is 5.70 Å². The summed E-state index contributed by atoms with van der Waals surface area (Å²) in [5.74, 6) is 0.667. The summed E-state index contributed by atoms with van der Waals surface area (Å²) in [6.07, 6.45) is 12.6. The van der Waals surface area contributed by atoms with Crippen molar-refractivity contribution in [3.8, 4) is 0 Å². The van der Waals surface area contributed by atoms with E-state index in [0.717, 1.165) is 54.2 Å². The molecule has 1 aliphatic rings. The summed E-state index contributed by atoms with van der Waals surface area (Å²) in [5, 5.41) is 0. The lowest BCUT2D eigenvalue weighted by atomic mass is 10.00. The minimum atomic E-state index is -0.0134. The van der Waals surface area contributed by atoms with Crippen molar-refractivity contribution >= 4 is 28.6 Å². The van der Waals surface area contributed by atoms with Crippen LogP contribution in [0.5, 0.6) is 0 Å². The van der Waals surface area contributed by atoms with Crippen molar-refractivity contribution in [2.24, 2.45) is 21.8 Å². The fourth-order valence-electron chi connectivity index (χ4n) is 4.71. The number of ketones is 1. The molecule has 1 heterocycles. The van der Waals surface area contributed by atoms with Crippen LogP contribution in [0.2, 0.25) is 0 Å². The number of piperidine rings is 1. The standard InChI is InChI=1S/C34H52N4O/c1-11-24(4)28(8)35-33-23-29(15-14-26(33)6)34(22-27(7)39)36-32(25(5)12-2)17-16-30(13-3)38-20-18-31(19-21-38)37(9)10/h13-17,22-25,31H,11-12,18-21H2,1-10H3/b17-16-,30-13+,34-22-,35-28-,36-32-. The third-order valence-corrected chi connectivity index (χ3v) is 8.11. The van der Waals surface area contributed by atoms with Gasteiger partial charge in [-0.05, 0) is 103 Å². The zero-order chi connectivity index (χ0) is 29.1. The molecule has 214 valence electrons. The van der Waals surface area contributed by atoms with Crippen molar-refractivity contribution in [1.29, 1.82) is 0 Å². The van der Waals surface area contributed by atoms with Gasteiger partial charge in [-0.1, -0.05) is 45.9 Å². The molecule has 2 unspecified atom stereocenters. The van der Waals surface area contributed by atoms with Crippen LogP contribution >= 0.6 is 0 Å². The molecule has 1 aromatic carbocycles. The molecule has 0 aliphatic carbocycles. The first-order valence-electron chi connectivity index (χ1n) is 14.7. The van der Waals surface area contributed by atoms with Crippen LogP contribution in [-0.4, -0.2) is 60.2 Å². The fourth-order valence-corrected chi connectivity index (χ4v) is 4.71. The quantitative estimate of drug-likeness (QED) is 0.155. The van der Waals surface area contributed by atoms with E-state index in [2.05, 4.69) is 109 Å². The number of benzene rings is 1. The topological polar surface area (TPSA) is 48.3 Å². The van der Waals surface area contributed by atoms with Crippen molar-refractivity contribution in [1.82, 2.24) is 9.80 Å². The van der Waals surface area contributed by atoms with Gasteiger partial charge in [-0.15, -0.1) is 0 Å². The molecule has 1 saturated heterocycles. The molecule has 0 amide bonds. The Bertz CT molecular complexity index is 1110. The summed E-state index contributed by atoms with van der Waals surface area (Å²) < 4.78 is 0. The normalized spacial score (nSPS) is 18.3. The molecular weight excluding hydrogens is 480 g/mol. The molecule has 0 spiro atoms. The molecule has 1 aromatic rings. The minimum Gasteiger partial charge on any atom is -0.372 e. The van der Waals surface area contributed by atoms with Gasteiger partial charge in [0.05, 0.1) is 11.4 Å². The maximum Gasteiger partial charge on any atom is 0.154 e. The number of rotatable bonds is 12. The first-order chi connectivity index (χ1) is 18.5. The fraction of sp³-hybridized carbons (Fsp3) is 0.559. The summed E-state index contributed by atoms with van der Waals surface area (Å²) in [6, 6.07) is 6.85. The summed E-state index contributed by atoms with van der Waals surface area (Å²) in [4.78, 5) is 27.2. The van der Waals surface area contributed by atoms with E-state index in [1.54, 1.807) is 13.0 Å². The van der Waals surface area contributed by atoms with Crippen molar-refractivity contribution < 1.29 is 4.79 Å². The molecule has 0 saturated carbocycles. The Morgan fingerprint density at radius 1 is 1.08 bits per heavy atom. The highest BCUT2D eigenvalue weighted by molar-refractivity contribution is 6.03. The van der Waals surface area contributed by atoms with Crippen molar-refractivity contribution in [3.63, 3.8) is 0 Å². The van der Waals surface area contributed by atoms with E-state index in [9.17, 15) is 4.79 Å². The molecule has 2 rings (SSSR count). The monoisotopic (exact) mass is 532 g/mol. The van der Waals surface area contributed by atoms with Crippen LogP contribution in [0, 0.1) is 18.8 Å². The van der Waals surface area contributed by atoms with E-state index in [-0.39, 0.29) is 11.7 Å². The molecule has 1 aliphatic heterocycles. The first-order valence-corrected chi connectivity index (χ1v) is 14.7. The van der Waals surface area contributed by atoms with Gasteiger partial charge in [0.25, 0.3) is 0 Å². The zero-order valence-corrected chi connectivity index (χ0v) is 26.2. The molecule has 39 heavy (non-hydrogen) atoms. The number of allylic oxidation sites excluding steroid dienone is 4. The van der Waals surface area contributed by atoms with Gasteiger partial charge in [0.15, 0.2) is 5.78 Å². The van der Waals surface area contributed by atoms with E-state index in [1.807, 2.05) is 0 Å². The molecular formula is C34H52N4O. The van der Waals surface area contributed by atoms with E-state index in [1.165, 1.54) is 18.5 Å². The second kappa shape index (κ2) is 15.7. The lowest BCUT2D eigenvalue weighted by Crippen LogP contribution is -2.41. The highest BCUT2D eigenvalue weighted by atomic mass is 16.1. The number of aryl methyl sites for hydroxylation is 1. The molecule has 0 aromatic heterocycles. The predicted octanol–water partition coefficient (Wildman–Crippen LogP) is 8.04. The number of hydrogen-bond acceptors (Lipinski definition) is 5. The number of nitrogens with zero attached hydrogens (tertiary/aromatic N) is 4. The van der Waals surface area contributed by atoms with Gasteiger partial charge in [-0.25, -0.2) is 0 Å². The van der Waals surface area contributed by atoms with Gasteiger partial charge < -0.3 is 9.80 Å². The van der Waals surface area contributed by atoms with E-state index in [4.69, 9.17) is 9.98 Å². The molecule has 5 nitrogen and oxygen atoms in total. The average Bonchev–Trinajstić information content (AvgIpc) is 2.92. The van der Waals surface area contributed by atoms with Gasteiger partial charge in [0.1, 0.15) is 0 Å². The third-order valence-electron chi connectivity index (χ3n) is 8.11. The van der Waals surface area contributed by atoms with E-state index >= 15 is 0 Å². The van der Waals surface area contributed by atoms with Crippen LogP contribution in [0.3, 0.4) is 0 Å². The smallest absolute Gasteiger partial charge is 0.154 e. The Morgan fingerprint density at radius 2 is 1.72 bits per heavy atom. The maximum absolute atomic E-state index is 12.3. The lowest BCUT2D eigenvalue weighted by Gasteiger charge is -2.37. The summed E-state index contributed by atoms with van der Waals surface area (Å²) in [6.45, 7) is 18.8. The number of likely N-dealkylation sites (tertiary alicyclic amines) is 1. The van der Waals surface area contributed by atoms with Crippen molar-refractivity contribution in [2.45, 2.75) is 87.1 Å². The predicted molar refractivity (Wildman–Crippen MR) is 170 cm³/mol. The first kappa shape index (κ1) is 32.4. The van der Waals surface area contributed by atoms with Gasteiger partial charge in [-0.2, -0.15) is 0 Å². The summed E-state index contributed by atoms with van der Waals surface area (Å²) >= 11 is 0. The van der Waals surface area contributed by atoms with Crippen molar-refractivity contribution in [3.05, 3.63) is 59.3 Å².